The molecular formula is C19H19N3O2S. The van der Waals surface area contributed by atoms with Gasteiger partial charge >= 0.3 is 5.97 Å². The van der Waals surface area contributed by atoms with Gasteiger partial charge in [-0.15, -0.1) is 11.3 Å². The van der Waals surface area contributed by atoms with Crippen molar-refractivity contribution < 1.29 is 9.53 Å². The van der Waals surface area contributed by atoms with Crippen molar-refractivity contribution >= 4 is 56.1 Å². The van der Waals surface area contributed by atoms with Gasteiger partial charge in [-0.05, 0) is 19.4 Å². The number of hydrogen-bond acceptors (Lipinski definition) is 6. The molecule has 6 heteroatoms. The van der Waals surface area contributed by atoms with Crippen molar-refractivity contribution in [3.8, 4) is 0 Å². The second-order valence-corrected chi connectivity index (χ2v) is 6.97. The number of carbonyl (C=O) groups is 1. The van der Waals surface area contributed by atoms with Crippen molar-refractivity contribution in [3.05, 3.63) is 29.1 Å². The van der Waals surface area contributed by atoms with Gasteiger partial charge in [-0.1, -0.05) is 31.5 Å². The summed E-state index contributed by atoms with van der Waals surface area (Å²) in [6.07, 6.45) is 3.96. The van der Waals surface area contributed by atoms with Gasteiger partial charge in [-0.2, -0.15) is 0 Å². The molecule has 0 amide bonds. The van der Waals surface area contributed by atoms with Crippen LogP contribution in [0.3, 0.4) is 0 Å². The van der Waals surface area contributed by atoms with Crippen molar-refractivity contribution in [2.75, 3.05) is 18.1 Å². The predicted molar refractivity (Wildman–Crippen MR) is 103 cm³/mol. The van der Waals surface area contributed by atoms with Crippen molar-refractivity contribution in [1.29, 1.82) is 0 Å². The van der Waals surface area contributed by atoms with Crippen LogP contribution in [0, 0.1) is 0 Å². The molecular weight excluding hydrogens is 334 g/mol. The van der Waals surface area contributed by atoms with Crippen LogP contribution in [0.1, 0.15) is 36.4 Å². The highest BCUT2D eigenvalue weighted by Crippen LogP contribution is 2.47. The summed E-state index contributed by atoms with van der Waals surface area (Å²) in [5.41, 5.74) is 1.63. The maximum atomic E-state index is 12.4. The van der Waals surface area contributed by atoms with E-state index >= 15 is 0 Å². The smallest absolute Gasteiger partial charge is 0.350 e. The highest BCUT2D eigenvalue weighted by molar-refractivity contribution is 7.22. The predicted octanol–water partition coefficient (Wildman–Crippen LogP) is 4.91. The molecule has 128 valence electrons. The van der Waals surface area contributed by atoms with Crippen LogP contribution in [0.15, 0.2) is 29.3 Å². The van der Waals surface area contributed by atoms with Crippen molar-refractivity contribution in [2.45, 2.75) is 26.7 Å². The SMILES string of the molecule is CCCCN1C=Nc2c(C(=O)OCC)sc3c2c1nc1ccccc13. The Hall–Kier alpha value is -2.47. The van der Waals surface area contributed by atoms with E-state index in [9.17, 15) is 4.79 Å². The Labute approximate surface area is 149 Å². The number of benzene rings is 1. The summed E-state index contributed by atoms with van der Waals surface area (Å²) >= 11 is 1.45. The molecule has 1 aliphatic rings. The van der Waals surface area contributed by atoms with Crippen LogP contribution in [-0.2, 0) is 4.74 Å². The Balaban J connectivity index is 1.99. The lowest BCUT2D eigenvalue weighted by Crippen LogP contribution is -2.25. The zero-order valence-electron chi connectivity index (χ0n) is 14.3. The first-order valence-corrected chi connectivity index (χ1v) is 9.39. The van der Waals surface area contributed by atoms with Gasteiger partial charge in [0.05, 0.1) is 28.5 Å². The normalized spacial score (nSPS) is 13.0. The molecule has 0 spiro atoms. The first kappa shape index (κ1) is 16.0. The molecule has 2 aromatic heterocycles. The van der Waals surface area contributed by atoms with Crippen molar-refractivity contribution in [1.82, 2.24) is 4.98 Å². The second kappa shape index (κ2) is 6.44. The molecule has 0 saturated heterocycles. The van der Waals surface area contributed by atoms with E-state index in [-0.39, 0.29) is 5.97 Å². The number of esters is 1. The highest BCUT2D eigenvalue weighted by atomic mass is 32.1. The van der Waals surface area contributed by atoms with Gasteiger partial charge in [0.2, 0.25) is 0 Å². The Morgan fingerprint density at radius 3 is 2.92 bits per heavy atom. The third-order valence-electron chi connectivity index (χ3n) is 4.29. The number of pyridine rings is 1. The molecule has 0 saturated carbocycles. The number of nitrogens with zero attached hydrogens (tertiary/aromatic N) is 3. The lowest BCUT2D eigenvalue weighted by atomic mass is 10.1. The molecule has 4 rings (SSSR count). The highest BCUT2D eigenvalue weighted by Gasteiger charge is 2.27. The Morgan fingerprint density at radius 1 is 1.28 bits per heavy atom. The van der Waals surface area contributed by atoms with E-state index < -0.39 is 0 Å². The topological polar surface area (TPSA) is 54.8 Å². The van der Waals surface area contributed by atoms with Gasteiger partial charge in [0.1, 0.15) is 16.4 Å². The molecule has 3 aromatic rings. The third-order valence-corrected chi connectivity index (χ3v) is 5.49. The van der Waals surface area contributed by atoms with Gasteiger partial charge in [-0.25, -0.2) is 14.8 Å². The number of carbonyl (C=O) groups excluding carboxylic acids is 1. The van der Waals surface area contributed by atoms with E-state index in [1.807, 2.05) is 31.2 Å². The fourth-order valence-corrected chi connectivity index (χ4v) is 4.26. The minimum atomic E-state index is -0.312. The van der Waals surface area contributed by atoms with Crippen LogP contribution < -0.4 is 4.90 Å². The van der Waals surface area contributed by atoms with E-state index in [1.54, 1.807) is 6.34 Å². The molecule has 0 aliphatic carbocycles. The zero-order chi connectivity index (χ0) is 17.4. The van der Waals surface area contributed by atoms with Crippen LogP contribution in [-0.4, -0.2) is 30.4 Å². The summed E-state index contributed by atoms with van der Waals surface area (Å²) in [5.74, 6) is 0.576. The van der Waals surface area contributed by atoms with E-state index in [0.29, 0.717) is 17.2 Å². The van der Waals surface area contributed by atoms with E-state index in [1.165, 1.54) is 11.3 Å². The Kier molecular flexibility index (Phi) is 4.13. The summed E-state index contributed by atoms with van der Waals surface area (Å²) in [5, 5.41) is 2.01. The van der Waals surface area contributed by atoms with Crippen LogP contribution in [0.25, 0.3) is 21.0 Å². The van der Waals surface area contributed by atoms with E-state index in [4.69, 9.17) is 9.72 Å². The fraction of sp³-hybridized carbons (Fsp3) is 0.316. The van der Waals surface area contributed by atoms with Crippen molar-refractivity contribution in [2.24, 2.45) is 4.99 Å². The van der Waals surface area contributed by atoms with Gasteiger partial charge in [0.15, 0.2) is 0 Å². The minimum Gasteiger partial charge on any atom is -0.462 e. The number of ether oxygens (including phenoxy) is 1. The quantitative estimate of drug-likeness (QED) is 0.612. The minimum absolute atomic E-state index is 0.312. The molecule has 0 fully saturated rings. The number of hydrogen-bond donors (Lipinski definition) is 0. The summed E-state index contributed by atoms with van der Waals surface area (Å²) in [6, 6.07) is 8.04. The summed E-state index contributed by atoms with van der Waals surface area (Å²) in [7, 11) is 0. The number of thiophene rings is 1. The molecule has 0 radical (unpaired) electrons. The second-order valence-electron chi connectivity index (χ2n) is 5.95. The average molecular weight is 353 g/mol. The standard InChI is InChI=1S/C19H19N3O2S/c1-3-5-10-22-11-20-15-14-16(25-17(15)19(23)24-4-2)12-8-6-7-9-13(12)21-18(14)22/h6-9,11H,3-5,10H2,1-2H3. The first-order chi connectivity index (χ1) is 12.2. The lowest BCUT2D eigenvalue weighted by molar-refractivity contribution is 0.0533. The number of rotatable bonds is 5. The number of fused-ring (bicyclic) bond motifs is 2. The summed E-state index contributed by atoms with van der Waals surface area (Å²) < 4.78 is 6.28. The van der Waals surface area contributed by atoms with E-state index in [2.05, 4.69) is 16.8 Å². The zero-order valence-corrected chi connectivity index (χ0v) is 15.1. The summed E-state index contributed by atoms with van der Waals surface area (Å²) in [4.78, 5) is 24.5. The Bertz CT molecular complexity index is 993. The number of para-hydroxylation sites is 1. The third kappa shape index (κ3) is 2.57. The molecule has 0 N–H and O–H groups in total. The van der Waals surface area contributed by atoms with Gasteiger partial charge in [0, 0.05) is 11.9 Å². The maximum Gasteiger partial charge on any atom is 0.350 e. The van der Waals surface area contributed by atoms with Gasteiger partial charge in [0.25, 0.3) is 0 Å². The van der Waals surface area contributed by atoms with Crippen LogP contribution >= 0.6 is 11.3 Å². The molecule has 0 atom stereocenters. The van der Waals surface area contributed by atoms with Gasteiger partial charge in [-0.3, -0.25) is 0 Å². The number of aliphatic imine (C=N–C) groups is 1. The molecule has 1 aromatic carbocycles. The first-order valence-electron chi connectivity index (χ1n) is 8.57. The largest absolute Gasteiger partial charge is 0.462 e. The van der Waals surface area contributed by atoms with Crippen LogP contribution in [0.5, 0.6) is 0 Å². The molecule has 5 nitrogen and oxygen atoms in total. The van der Waals surface area contributed by atoms with Crippen molar-refractivity contribution in [3.63, 3.8) is 0 Å². The number of anilines is 1. The average Bonchev–Trinajstić information content (AvgIpc) is 3.02. The monoisotopic (exact) mass is 353 g/mol. The van der Waals surface area contributed by atoms with Crippen LogP contribution in [0.4, 0.5) is 11.5 Å². The maximum absolute atomic E-state index is 12.4. The number of aromatic nitrogens is 1. The van der Waals surface area contributed by atoms with Gasteiger partial charge < -0.3 is 9.64 Å². The molecule has 0 bridgehead atoms. The van der Waals surface area contributed by atoms with Crippen LogP contribution in [0.2, 0.25) is 0 Å². The number of unbranched alkanes of at least 4 members (excludes halogenated alkanes) is 1. The van der Waals surface area contributed by atoms with E-state index in [0.717, 1.165) is 46.2 Å². The fourth-order valence-electron chi connectivity index (χ4n) is 3.09. The molecule has 1 aliphatic heterocycles. The molecule has 25 heavy (non-hydrogen) atoms. The lowest BCUT2D eigenvalue weighted by Gasteiger charge is -2.23. The summed E-state index contributed by atoms with van der Waals surface area (Å²) in [6.45, 7) is 5.20. The molecule has 0 unspecified atom stereocenters. The Morgan fingerprint density at radius 2 is 2.12 bits per heavy atom. The molecule has 3 heterocycles.